The van der Waals surface area contributed by atoms with E-state index < -0.39 is 11.9 Å². The summed E-state index contributed by atoms with van der Waals surface area (Å²) in [6, 6.07) is 14.0. The van der Waals surface area contributed by atoms with E-state index in [-0.39, 0.29) is 23.7 Å². The van der Waals surface area contributed by atoms with Gasteiger partial charge in [-0.3, -0.25) is 0 Å². The van der Waals surface area contributed by atoms with E-state index in [1.807, 2.05) is 38.1 Å². The van der Waals surface area contributed by atoms with Crippen LogP contribution < -0.4 is 9.47 Å². The average Bonchev–Trinajstić information content (AvgIpc) is 2.64. The van der Waals surface area contributed by atoms with Crippen LogP contribution in [0.3, 0.4) is 0 Å². The molecule has 0 saturated carbocycles. The number of rotatable bonds is 7. The van der Waals surface area contributed by atoms with Gasteiger partial charge >= 0.3 is 11.9 Å². The van der Waals surface area contributed by atoms with E-state index in [0.717, 1.165) is 0 Å². The highest BCUT2D eigenvalue weighted by Gasteiger charge is 2.14. The van der Waals surface area contributed by atoms with Crippen LogP contribution in [0.2, 0.25) is 0 Å². The molecule has 0 fully saturated rings. The van der Waals surface area contributed by atoms with E-state index in [9.17, 15) is 9.59 Å². The summed E-state index contributed by atoms with van der Waals surface area (Å²) in [5.74, 6) is 0.126. The fraction of sp³-hybridized carbons (Fsp3) is 0.391. The van der Waals surface area contributed by atoms with Crippen LogP contribution in [-0.2, 0) is 14.9 Å². The number of benzene rings is 2. The summed E-state index contributed by atoms with van der Waals surface area (Å²) in [6.45, 7) is 10.4. The SMILES string of the molecule is CC(C)COC(=O)c1cccc(OC(=O)COc2ccc(C(C)(C)C)cc2)c1. The molecule has 2 rings (SSSR count). The molecular weight excluding hydrogens is 356 g/mol. The number of hydrogen-bond acceptors (Lipinski definition) is 5. The standard InChI is InChI=1S/C23H28O5/c1-16(2)14-27-22(25)17-7-6-8-20(13-17)28-21(24)15-26-19-11-9-18(10-12-19)23(3,4)5/h6-13,16H,14-15H2,1-5H3. The molecule has 0 aliphatic heterocycles. The first-order valence-corrected chi connectivity index (χ1v) is 9.36. The molecular formula is C23H28O5. The molecule has 0 aromatic heterocycles. The van der Waals surface area contributed by atoms with Crippen molar-refractivity contribution in [2.75, 3.05) is 13.2 Å². The van der Waals surface area contributed by atoms with Gasteiger partial charge in [0.05, 0.1) is 12.2 Å². The zero-order valence-corrected chi connectivity index (χ0v) is 17.2. The molecule has 0 N–H and O–H groups in total. The third kappa shape index (κ3) is 6.72. The maximum atomic E-state index is 12.0. The summed E-state index contributed by atoms with van der Waals surface area (Å²) in [4.78, 5) is 24.1. The molecule has 28 heavy (non-hydrogen) atoms. The zero-order chi connectivity index (χ0) is 20.7. The Kier molecular flexibility index (Phi) is 7.21. The molecule has 5 heteroatoms. The molecule has 150 valence electrons. The molecule has 0 atom stereocenters. The van der Waals surface area contributed by atoms with Gasteiger partial charge in [-0.2, -0.15) is 0 Å². The first-order valence-electron chi connectivity index (χ1n) is 9.36. The summed E-state index contributed by atoms with van der Waals surface area (Å²) in [5, 5.41) is 0. The van der Waals surface area contributed by atoms with Crippen molar-refractivity contribution in [3.8, 4) is 11.5 Å². The Hall–Kier alpha value is -2.82. The second kappa shape index (κ2) is 9.40. The lowest BCUT2D eigenvalue weighted by Gasteiger charge is -2.19. The molecule has 0 amide bonds. The smallest absolute Gasteiger partial charge is 0.349 e. The van der Waals surface area contributed by atoms with Gasteiger partial charge in [-0.05, 0) is 47.2 Å². The predicted molar refractivity (Wildman–Crippen MR) is 108 cm³/mol. The Balaban J connectivity index is 1.89. The van der Waals surface area contributed by atoms with Crippen molar-refractivity contribution in [2.45, 2.75) is 40.0 Å². The first-order chi connectivity index (χ1) is 13.1. The van der Waals surface area contributed by atoms with Gasteiger partial charge in [-0.15, -0.1) is 0 Å². The van der Waals surface area contributed by atoms with Crippen LogP contribution in [0.15, 0.2) is 48.5 Å². The van der Waals surface area contributed by atoms with E-state index in [2.05, 4.69) is 20.8 Å². The third-order valence-corrected chi connectivity index (χ3v) is 3.93. The summed E-state index contributed by atoms with van der Waals surface area (Å²) in [7, 11) is 0. The van der Waals surface area contributed by atoms with E-state index in [0.29, 0.717) is 17.9 Å². The molecule has 0 saturated heterocycles. The second-order valence-electron chi connectivity index (χ2n) is 8.06. The largest absolute Gasteiger partial charge is 0.482 e. The van der Waals surface area contributed by atoms with E-state index in [1.165, 1.54) is 11.6 Å². The van der Waals surface area contributed by atoms with Crippen molar-refractivity contribution in [2.24, 2.45) is 5.92 Å². The maximum absolute atomic E-state index is 12.0. The fourth-order valence-electron chi connectivity index (χ4n) is 2.37. The summed E-state index contributed by atoms with van der Waals surface area (Å²) >= 11 is 0. The second-order valence-corrected chi connectivity index (χ2v) is 8.06. The minimum atomic E-state index is -0.549. The Morgan fingerprint density at radius 1 is 0.964 bits per heavy atom. The van der Waals surface area contributed by atoms with Gasteiger partial charge in [0.2, 0.25) is 0 Å². The number of hydrogen-bond donors (Lipinski definition) is 0. The number of carbonyl (C=O) groups is 2. The van der Waals surface area contributed by atoms with Crippen LogP contribution in [0.1, 0.15) is 50.5 Å². The van der Waals surface area contributed by atoms with Gasteiger partial charge in [0.1, 0.15) is 11.5 Å². The van der Waals surface area contributed by atoms with Crippen molar-refractivity contribution < 1.29 is 23.8 Å². The van der Waals surface area contributed by atoms with Crippen LogP contribution in [0.5, 0.6) is 11.5 Å². The molecule has 0 bridgehead atoms. The van der Waals surface area contributed by atoms with Gasteiger partial charge in [0.15, 0.2) is 6.61 Å². The summed E-state index contributed by atoms with van der Waals surface area (Å²) in [5.41, 5.74) is 1.58. The summed E-state index contributed by atoms with van der Waals surface area (Å²) in [6.07, 6.45) is 0. The highest BCUT2D eigenvalue weighted by molar-refractivity contribution is 5.90. The minimum absolute atomic E-state index is 0.0544. The number of carbonyl (C=O) groups excluding carboxylic acids is 2. The lowest BCUT2D eigenvalue weighted by atomic mass is 9.87. The van der Waals surface area contributed by atoms with Crippen molar-refractivity contribution in [3.05, 3.63) is 59.7 Å². The van der Waals surface area contributed by atoms with Gasteiger partial charge in [0, 0.05) is 0 Å². The van der Waals surface area contributed by atoms with Crippen molar-refractivity contribution in [1.82, 2.24) is 0 Å². The van der Waals surface area contributed by atoms with Gasteiger partial charge in [-0.25, -0.2) is 9.59 Å². The van der Waals surface area contributed by atoms with Crippen LogP contribution >= 0.6 is 0 Å². The molecule has 0 aliphatic rings. The summed E-state index contributed by atoms with van der Waals surface area (Å²) < 4.78 is 15.9. The van der Waals surface area contributed by atoms with Crippen LogP contribution in [0, 0.1) is 5.92 Å². The fourth-order valence-corrected chi connectivity index (χ4v) is 2.37. The molecule has 2 aromatic carbocycles. The average molecular weight is 384 g/mol. The quantitative estimate of drug-likeness (QED) is 0.508. The molecule has 0 heterocycles. The van der Waals surface area contributed by atoms with Crippen molar-refractivity contribution in [3.63, 3.8) is 0 Å². The Labute approximate surface area is 166 Å². The van der Waals surface area contributed by atoms with Crippen LogP contribution in [0.25, 0.3) is 0 Å². The lowest BCUT2D eigenvalue weighted by Crippen LogP contribution is -2.18. The topological polar surface area (TPSA) is 61.8 Å². The normalized spacial score (nSPS) is 11.2. The highest BCUT2D eigenvalue weighted by Crippen LogP contribution is 2.24. The van der Waals surface area contributed by atoms with Gasteiger partial charge < -0.3 is 14.2 Å². The molecule has 0 unspecified atom stereocenters. The Morgan fingerprint density at radius 3 is 2.25 bits per heavy atom. The molecule has 0 aliphatic carbocycles. The van der Waals surface area contributed by atoms with Gasteiger partial charge in [0.25, 0.3) is 0 Å². The van der Waals surface area contributed by atoms with E-state index in [4.69, 9.17) is 14.2 Å². The molecule has 0 radical (unpaired) electrons. The van der Waals surface area contributed by atoms with E-state index in [1.54, 1.807) is 18.2 Å². The molecule has 0 spiro atoms. The van der Waals surface area contributed by atoms with Crippen LogP contribution in [0.4, 0.5) is 0 Å². The molecule has 5 nitrogen and oxygen atoms in total. The molecule has 2 aromatic rings. The zero-order valence-electron chi connectivity index (χ0n) is 17.2. The van der Waals surface area contributed by atoms with Crippen LogP contribution in [-0.4, -0.2) is 25.2 Å². The highest BCUT2D eigenvalue weighted by atomic mass is 16.6. The maximum Gasteiger partial charge on any atom is 0.349 e. The minimum Gasteiger partial charge on any atom is -0.482 e. The monoisotopic (exact) mass is 384 g/mol. The number of ether oxygens (including phenoxy) is 3. The lowest BCUT2D eigenvalue weighted by molar-refractivity contribution is -0.136. The van der Waals surface area contributed by atoms with Crippen molar-refractivity contribution >= 4 is 11.9 Å². The Morgan fingerprint density at radius 2 is 1.64 bits per heavy atom. The Bertz CT molecular complexity index is 800. The third-order valence-electron chi connectivity index (χ3n) is 3.93. The van der Waals surface area contributed by atoms with E-state index >= 15 is 0 Å². The predicted octanol–water partition coefficient (Wildman–Crippen LogP) is 4.78. The van der Waals surface area contributed by atoms with Crippen molar-refractivity contribution in [1.29, 1.82) is 0 Å². The van der Waals surface area contributed by atoms with Gasteiger partial charge in [-0.1, -0.05) is 52.8 Å². The number of esters is 2. The first kappa shape index (κ1) is 21.5.